The second-order valence-electron chi connectivity index (χ2n) is 15.2. The van der Waals surface area contributed by atoms with Crippen molar-refractivity contribution < 1.29 is 48.1 Å². The number of fused-ring (bicyclic) bond motifs is 2. The van der Waals surface area contributed by atoms with Gasteiger partial charge in [-0.25, -0.2) is 4.79 Å². The van der Waals surface area contributed by atoms with Crippen LogP contribution in [0.2, 0.25) is 0 Å². The molecule has 4 N–H and O–H groups in total. The highest BCUT2D eigenvalue weighted by Gasteiger charge is 2.46. The number of allylic oxidation sites excluding steroid dienone is 3. The largest absolute Gasteiger partial charge is 0.462 e. The van der Waals surface area contributed by atoms with Gasteiger partial charge in [-0.05, 0) is 80.4 Å². The van der Waals surface area contributed by atoms with Crippen LogP contribution in [0.4, 0.5) is 10.5 Å². The van der Waals surface area contributed by atoms with Gasteiger partial charge in [0.2, 0.25) is 11.8 Å². The third-order valence-electron chi connectivity index (χ3n) is 11.1. The maximum atomic E-state index is 13.3. The number of carbonyl (C=O) groups is 6. The lowest BCUT2D eigenvalue weighted by atomic mass is 9.65. The Labute approximate surface area is 315 Å². The van der Waals surface area contributed by atoms with E-state index in [4.69, 9.17) is 14.2 Å². The summed E-state index contributed by atoms with van der Waals surface area (Å²) in [6.07, 6.45) is 9.92. The molecule has 2 unspecified atom stereocenters. The molecule has 8 atom stereocenters. The highest BCUT2D eigenvalue weighted by Crippen LogP contribution is 2.45. The number of nitrogens with zero attached hydrogens (tertiary/aromatic N) is 1. The molecule has 54 heavy (non-hydrogen) atoms. The molecule has 0 saturated carbocycles. The number of carbonyl (C=O) groups excluding carboxylic acids is 6. The molecule has 5 aliphatic rings. The Morgan fingerprint density at radius 1 is 1.02 bits per heavy atom. The zero-order valence-electron chi connectivity index (χ0n) is 31.1. The number of hydrogen-bond acceptors (Lipinski definition) is 11. The average Bonchev–Trinajstić information content (AvgIpc) is 3.37. The number of aliphatic hydroxyl groups excluding tert-OH is 1. The number of benzene rings is 1. The fourth-order valence-corrected chi connectivity index (χ4v) is 8.50. The van der Waals surface area contributed by atoms with Gasteiger partial charge in [0.15, 0.2) is 0 Å². The van der Waals surface area contributed by atoms with E-state index in [9.17, 15) is 33.9 Å². The summed E-state index contributed by atoms with van der Waals surface area (Å²) in [6, 6.07) is 3.97. The molecule has 0 bridgehead atoms. The number of aliphatic hydroxyl groups is 1. The standard InChI is InChI=1S/C40H52N4O10/c1-23-19-25-10-9-24(2)28(12-11-27-21-26(45)22-34(47)53-27)35(25)32(20-23)54-40(51)42-16-6-18-52-17-4-3-15-41-30-8-5-7-29-36(30)39(50)44(38(29)49)31-13-14-33(46)43-37(31)48/h5,7-10,19,23-24,26-28,31-32,35,41,45H,3-4,6,11-18,20-22H2,1-2H3,(H,42,51)(H,43,46,48)/t23-,24-,26+,27+,28?,31?,32-,35-/m0/s1. The predicted octanol–water partition coefficient (Wildman–Crippen LogP) is 4.03. The average molecular weight is 749 g/mol. The maximum Gasteiger partial charge on any atom is 0.407 e. The minimum Gasteiger partial charge on any atom is -0.462 e. The van der Waals surface area contributed by atoms with Crippen molar-refractivity contribution in [2.45, 2.75) is 102 Å². The number of anilines is 1. The van der Waals surface area contributed by atoms with E-state index in [2.05, 4.69) is 48.0 Å². The molecule has 1 aromatic carbocycles. The summed E-state index contributed by atoms with van der Waals surface area (Å²) < 4.78 is 17.3. The normalized spacial score (nSPS) is 29.2. The van der Waals surface area contributed by atoms with Crippen molar-refractivity contribution >= 4 is 41.4 Å². The van der Waals surface area contributed by atoms with Gasteiger partial charge in [0, 0.05) is 50.8 Å². The van der Waals surface area contributed by atoms with E-state index in [-0.39, 0.29) is 72.2 Å². The summed E-state index contributed by atoms with van der Waals surface area (Å²) in [5, 5.41) is 18.4. The van der Waals surface area contributed by atoms with Crippen LogP contribution in [0.3, 0.4) is 0 Å². The Morgan fingerprint density at radius 3 is 2.63 bits per heavy atom. The molecule has 0 spiro atoms. The molecular formula is C40H52N4O10. The highest BCUT2D eigenvalue weighted by molar-refractivity contribution is 6.25. The first-order chi connectivity index (χ1) is 26.0. The van der Waals surface area contributed by atoms with Gasteiger partial charge in [-0.2, -0.15) is 0 Å². The third-order valence-corrected chi connectivity index (χ3v) is 11.1. The van der Waals surface area contributed by atoms with E-state index in [0.29, 0.717) is 51.3 Å². The molecule has 292 valence electrons. The first-order valence-electron chi connectivity index (χ1n) is 19.4. The van der Waals surface area contributed by atoms with Crippen LogP contribution in [0.15, 0.2) is 42.0 Å². The predicted molar refractivity (Wildman–Crippen MR) is 196 cm³/mol. The summed E-state index contributed by atoms with van der Waals surface area (Å²) in [5.41, 5.74) is 2.18. The molecule has 2 saturated heterocycles. The SMILES string of the molecule is C[C@H]1C=C2C=C[C@H](C)C(CC[C@@H]3C[C@@H](O)CC(=O)O3)[C@H]2[C@@H](OC(=O)NCCCOCCCCNc2cccc3c2C(=O)N(C2CCC(=O)NC2=O)C3=O)C1. The quantitative estimate of drug-likeness (QED) is 0.115. The Bertz CT molecular complexity index is 1670. The number of alkyl carbamates (subject to hydrolysis) is 1. The summed E-state index contributed by atoms with van der Waals surface area (Å²) >= 11 is 0. The second kappa shape index (κ2) is 17.7. The van der Waals surface area contributed by atoms with E-state index in [1.807, 2.05) is 0 Å². The topological polar surface area (TPSA) is 190 Å². The molecule has 1 aromatic rings. The van der Waals surface area contributed by atoms with Crippen molar-refractivity contribution in [2.75, 3.05) is 31.6 Å². The number of esters is 1. The Hall–Kier alpha value is -4.56. The van der Waals surface area contributed by atoms with Crippen LogP contribution < -0.4 is 16.0 Å². The molecular weight excluding hydrogens is 696 g/mol. The van der Waals surface area contributed by atoms with Crippen LogP contribution in [0.1, 0.15) is 98.8 Å². The van der Waals surface area contributed by atoms with Crippen LogP contribution in [-0.4, -0.2) is 96.4 Å². The van der Waals surface area contributed by atoms with Gasteiger partial charge in [0.1, 0.15) is 18.2 Å². The zero-order valence-corrected chi connectivity index (χ0v) is 31.1. The van der Waals surface area contributed by atoms with Crippen LogP contribution >= 0.6 is 0 Å². The van der Waals surface area contributed by atoms with E-state index in [1.165, 1.54) is 5.57 Å². The minimum atomic E-state index is -1.01. The van der Waals surface area contributed by atoms with Crippen LogP contribution in [0, 0.1) is 23.7 Å². The monoisotopic (exact) mass is 748 g/mol. The molecule has 3 heterocycles. The molecule has 5 amide bonds. The summed E-state index contributed by atoms with van der Waals surface area (Å²) in [4.78, 5) is 76.0. The van der Waals surface area contributed by atoms with Gasteiger partial charge in [-0.1, -0.05) is 38.1 Å². The molecule has 2 aliphatic carbocycles. The Kier molecular flexibility index (Phi) is 12.8. The number of piperidine rings is 1. The number of cyclic esters (lactones) is 1. The fraction of sp³-hybridized carbons (Fsp3) is 0.600. The molecule has 0 radical (unpaired) electrons. The van der Waals surface area contributed by atoms with Crippen molar-refractivity contribution in [2.24, 2.45) is 23.7 Å². The lowest BCUT2D eigenvalue weighted by molar-refractivity contribution is -0.160. The smallest absolute Gasteiger partial charge is 0.407 e. The van der Waals surface area contributed by atoms with Gasteiger partial charge in [0.05, 0.1) is 23.7 Å². The van der Waals surface area contributed by atoms with Crippen LogP contribution in [0.5, 0.6) is 0 Å². The molecule has 2 fully saturated rings. The maximum absolute atomic E-state index is 13.3. The van der Waals surface area contributed by atoms with E-state index in [1.54, 1.807) is 18.2 Å². The van der Waals surface area contributed by atoms with Gasteiger partial charge < -0.3 is 30.0 Å². The lowest BCUT2D eigenvalue weighted by Crippen LogP contribution is -2.54. The van der Waals surface area contributed by atoms with Crippen molar-refractivity contribution in [3.63, 3.8) is 0 Å². The van der Waals surface area contributed by atoms with Crippen LogP contribution in [0.25, 0.3) is 0 Å². The second-order valence-corrected chi connectivity index (χ2v) is 15.2. The summed E-state index contributed by atoms with van der Waals surface area (Å²) in [5.74, 6) is -1.71. The van der Waals surface area contributed by atoms with E-state index in [0.717, 1.165) is 30.6 Å². The fourth-order valence-electron chi connectivity index (χ4n) is 8.50. The van der Waals surface area contributed by atoms with Crippen molar-refractivity contribution in [1.29, 1.82) is 0 Å². The number of unbranched alkanes of at least 4 members (excludes halogenated alkanes) is 1. The number of rotatable bonds is 15. The number of nitrogens with one attached hydrogen (secondary N) is 3. The van der Waals surface area contributed by atoms with Gasteiger partial charge in [-0.3, -0.25) is 34.2 Å². The molecule has 3 aliphatic heterocycles. The molecule has 6 rings (SSSR count). The van der Waals surface area contributed by atoms with E-state index >= 15 is 0 Å². The Morgan fingerprint density at radius 2 is 1.83 bits per heavy atom. The number of imide groups is 2. The van der Waals surface area contributed by atoms with Crippen molar-refractivity contribution in [3.05, 3.63) is 53.1 Å². The molecule has 14 nitrogen and oxygen atoms in total. The first kappa shape index (κ1) is 39.1. The number of ether oxygens (including phenoxy) is 3. The summed E-state index contributed by atoms with van der Waals surface area (Å²) in [7, 11) is 0. The first-order valence-corrected chi connectivity index (χ1v) is 19.4. The molecule has 0 aromatic heterocycles. The summed E-state index contributed by atoms with van der Waals surface area (Å²) in [6.45, 7) is 6.23. The third kappa shape index (κ3) is 9.20. The van der Waals surface area contributed by atoms with Gasteiger partial charge in [0.25, 0.3) is 11.8 Å². The van der Waals surface area contributed by atoms with Gasteiger partial charge in [-0.15, -0.1) is 0 Å². The van der Waals surface area contributed by atoms with Crippen LogP contribution in [-0.2, 0) is 28.6 Å². The number of hydrogen-bond donors (Lipinski definition) is 4. The van der Waals surface area contributed by atoms with Crippen molar-refractivity contribution in [3.8, 4) is 0 Å². The van der Waals surface area contributed by atoms with E-state index < -0.39 is 41.9 Å². The molecule has 14 heteroatoms. The van der Waals surface area contributed by atoms with Crippen molar-refractivity contribution in [1.82, 2.24) is 15.5 Å². The Balaban J connectivity index is 0.878. The lowest BCUT2D eigenvalue weighted by Gasteiger charge is -2.43. The number of amides is 5. The highest BCUT2D eigenvalue weighted by atomic mass is 16.6. The minimum absolute atomic E-state index is 0.0482. The van der Waals surface area contributed by atoms with Gasteiger partial charge >= 0.3 is 12.1 Å². The zero-order chi connectivity index (χ0) is 38.4.